The Morgan fingerprint density at radius 2 is 1.58 bits per heavy atom. The van der Waals surface area contributed by atoms with Crippen molar-refractivity contribution in [1.29, 1.82) is 0 Å². The highest BCUT2D eigenvalue weighted by Gasteiger charge is 2.13. The van der Waals surface area contributed by atoms with Gasteiger partial charge in [0.15, 0.2) is 0 Å². The van der Waals surface area contributed by atoms with Crippen LogP contribution in [0.4, 0.5) is 5.69 Å². The minimum Gasteiger partial charge on any atom is -0.497 e. The van der Waals surface area contributed by atoms with E-state index >= 15 is 0 Å². The number of methoxy groups -OCH3 is 2. The van der Waals surface area contributed by atoms with E-state index < -0.39 is 0 Å². The molecular weight excluding hydrogens is 398 g/mol. The number of ether oxygens (including phenoxy) is 2. The van der Waals surface area contributed by atoms with Crippen LogP contribution in [0, 0.1) is 0 Å². The van der Waals surface area contributed by atoms with Gasteiger partial charge in [-0.15, -0.1) is 10.2 Å². The Kier molecular flexibility index (Phi) is 5.65. The summed E-state index contributed by atoms with van der Waals surface area (Å²) in [7, 11) is 3.17. The molecule has 4 rings (SSSR count). The largest absolute Gasteiger partial charge is 0.497 e. The molecule has 2 aromatic heterocycles. The lowest BCUT2D eigenvalue weighted by atomic mass is 10.2. The van der Waals surface area contributed by atoms with E-state index in [1.54, 1.807) is 79.5 Å². The highest BCUT2D eigenvalue weighted by Crippen LogP contribution is 2.16. The molecule has 0 radical (unpaired) electrons. The van der Waals surface area contributed by atoms with Crippen LogP contribution < -0.4 is 20.3 Å². The van der Waals surface area contributed by atoms with Crippen molar-refractivity contribution >= 4 is 17.2 Å². The normalized spacial score (nSPS) is 10.8. The lowest BCUT2D eigenvalue weighted by molar-refractivity contribution is -0.116. The van der Waals surface area contributed by atoms with E-state index in [4.69, 9.17) is 9.47 Å². The number of fused-ring (bicyclic) bond motifs is 1. The molecule has 4 aromatic rings. The molecule has 0 bridgehead atoms. The summed E-state index contributed by atoms with van der Waals surface area (Å²) >= 11 is 0. The van der Waals surface area contributed by atoms with Crippen LogP contribution in [0.3, 0.4) is 0 Å². The van der Waals surface area contributed by atoms with Crippen LogP contribution in [-0.2, 0) is 11.2 Å². The quantitative estimate of drug-likeness (QED) is 0.494. The second kappa shape index (κ2) is 8.70. The second-order valence-electron chi connectivity index (χ2n) is 6.76. The molecule has 0 aliphatic carbocycles. The van der Waals surface area contributed by atoms with Crippen molar-refractivity contribution in [3.63, 3.8) is 0 Å². The van der Waals surface area contributed by atoms with Crippen LogP contribution in [0.5, 0.6) is 11.5 Å². The number of hydrogen-bond acceptors (Lipinski definition) is 6. The number of carbonyl (C=O) groups excluding carboxylic acids is 1. The van der Waals surface area contributed by atoms with E-state index in [0.29, 0.717) is 35.1 Å². The van der Waals surface area contributed by atoms with Gasteiger partial charge in [0, 0.05) is 36.6 Å². The molecule has 158 valence electrons. The van der Waals surface area contributed by atoms with Crippen LogP contribution in [0.25, 0.3) is 11.3 Å². The van der Waals surface area contributed by atoms with E-state index in [-0.39, 0.29) is 23.5 Å². The number of nitrogens with zero attached hydrogens (tertiary/aromatic N) is 4. The predicted molar refractivity (Wildman–Crippen MR) is 115 cm³/mol. The zero-order valence-electron chi connectivity index (χ0n) is 17.1. The van der Waals surface area contributed by atoms with Gasteiger partial charge in [-0.2, -0.15) is 0 Å². The molecule has 2 aromatic carbocycles. The van der Waals surface area contributed by atoms with E-state index in [9.17, 15) is 9.59 Å². The molecule has 31 heavy (non-hydrogen) atoms. The van der Waals surface area contributed by atoms with Gasteiger partial charge in [0.2, 0.25) is 11.6 Å². The number of aryl methyl sites for hydroxylation is 1. The van der Waals surface area contributed by atoms with Crippen LogP contribution >= 0.6 is 0 Å². The van der Waals surface area contributed by atoms with Gasteiger partial charge in [0.25, 0.3) is 0 Å². The number of amides is 1. The van der Waals surface area contributed by atoms with Crippen LogP contribution in [-0.4, -0.2) is 39.3 Å². The van der Waals surface area contributed by atoms with Gasteiger partial charge < -0.3 is 14.8 Å². The minimum atomic E-state index is -0.297. The number of nitrogens with one attached hydrogen (secondary N) is 1. The number of aromatic nitrogens is 4. The van der Waals surface area contributed by atoms with Crippen molar-refractivity contribution < 1.29 is 14.3 Å². The van der Waals surface area contributed by atoms with Crippen molar-refractivity contribution in [2.45, 2.75) is 12.8 Å². The third kappa shape index (κ3) is 4.25. The van der Waals surface area contributed by atoms with Gasteiger partial charge >= 0.3 is 5.56 Å². The zero-order chi connectivity index (χ0) is 21.8. The Balaban J connectivity index is 1.48. The first-order valence-corrected chi connectivity index (χ1v) is 9.62. The smallest absolute Gasteiger partial charge is 0.300 e. The number of carbonyl (C=O) groups is 1. The molecule has 0 saturated carbocycles. The van der Waals surface area contributed by atoms with Crippen molar-refractivity contribution in [3.05, 3.63) is 77.1 Å². The second-order valence-corrected chi connectivity index (χ2v) is 6.76. The molecule has 0 atom stereocenters. The number of benzene rings is 2. The van der Waals surface area contributed by atoms with E-state index in [1.807, 2.05) is 0 Å². The number of hydrogen-bond donors (Lipinski definition) is 1. The summed E-state index contributed by atoms with van der Waals surface area (Å²) in [6.45, 7) is 0. The molecule has 2 heterocycles. The third-order valence-corrected chi connectivity index (χ3v) is 4.84. The van der Waals surface area contributed by atoms with Crippen LogP contribution in [0.15, 0.2) is 65.7 Å². The molecule has 0 fully saturated rings. The SMILES string of the molecule is COc1ccc(NC(=O)CCc2nnc3c(=O)n(-c4ccc(OC)cc4)ccn23)cc1. The Bertz CT molecular complexity index is 1260. The van der Waals surface area contributed by atoms with Crippen LogP contribution in [0.1, 0.15) is 12.2 Å². The fourth-order valence-corrected chi connectivity index (χ4v) is 3.17. The maximum absolute atomic E-state index is 12.8. The maximum atomic E-state index is 12.8. The maximum Gasteiger partial charge on any atom is 0.300 e. The van der Waals surface area contributed by atoms with Gasteiger partial charge in [-0.1, -0.05) is 0 Å². The minimum absolute atomic E-state index is 0.159. The Morgan fingerprint density at radius 1 is 0.935 bits per heavy atom. The molecule has 0 aliphatic rings. The molecule has 1 N–H and O–H groups in total. The summed E-state index contributed by atoms with van der Waals surface area (Å²) in [6, 6.07) is 14.2. The van der Waals surface area contributed by atoms with Gasteiger partial charge in [-0.3, -0.25) is 18.6 Å². The standard InChI is InChI=1S/C22H21N5O4/c1-30-17-7-3-15(4-8-17)23-20(28)12-11-19-24-25-21-22(29)26(13-14-27(19)21)16-5-9-18(31-2)10-6-16/h3-10,13-14H,11-12H2,1-2H3,(H,23,28). The average Bonchev–Trinajstić information content (AvgIpc) is 3.22. The predicted octanol–water partition coefficient (Wildman–Crippen LogP) is 2.47. The van der Waals surface area contributed by atoms with Crippen molar-refractivity contribution in [2.75, 3.05) is 19.5 Å². The molecule has 9 nitrogen and oxygen atoms in total. The van der Waals surface area contributed by atoms with E-state index in [0.717, 1.165) is 0 Å². The lowest BCUT2D eigenvalue weighted by Crippen LogP contribution is -2.20. The van der Waals surface area contributed by atoms with Gasteiger partial charge in [0.1, 0.15) is 17.3 Å². The third-order valence-electron chi connectivity index (χ3n) is 4.84. The highest BCUT2D eigenvalue weighted by atomic mass is 16.5. The zero-order valence-corrected chi connectivity index (χ0v) is 17.1. The average molecular weight is 419 g/mol. The van der Waals surface area contributed by atoms with Crippen molar-refractivity contribution in [3.8, 4) is 17.2 Å². The van der Waals surface area contributed by atoms with E-state index in [2.05, 4.69) is 15.5 Å². The fraction of sp³-hybridized carbons (Fsp3) is 0.182. The van der Waals surface area contributed by atoms with Gasteiger partial charge in [-0.25, -0.2) is 0 Å². The fourth-order valence-electron chi connectivity index (χ4n) is 3.17. The molecule has 0 spiro atoms. The number of anilines is 1. The van der Waals surface area contributed by atoms with Gasteiger partial charge in [0.05, 0.1) is 14.2 Å². The summed E-state index contributed by atoms with van der Waals surface area (Å²) in [5.41, 5.74) is 1.27. The summed E-state index contributed by atoms with van der Waals surface area (Å²) in [5, 5.41) is 11.0. The van der Waals surface area contributed by atoms with Crippen molar-refractivity contribution in [1.82, 2.24) is 19.2 Å². The summed E-state index contributed by atoms with van der Waals surface area (Å²) < 4.78 is 13.4. The topological polar surface area (TPSA) is 99.8 Å². The molecular formula is C22H21N5O4. The first-order valence-electron chi connectivity index (χ1n) is 9.62. The molecule has 0 unspecified atom stereocenters. The number of rotatable bonds is 7. The van der Waals surface area contributed by atoms with Crippen molar-refractivity contribution in [2.24, 2.45) is 0 Å². The van der Waals surface area contributed by atoms with Crippen LogP contribution in [0.2, 0.25) is 0 Å². The highest BCUT2D eigenvalue weighted by molar-refractivity contribution is 5.90. The molecule has 0 aliphatic heterocycles. The monoisotopic (exact) mass is 419 g/mol. The molecule has 1 amide bonds. The first kappa shape index (κ1) is 20.1. The summed E-state index contributed by atoms with van der Waals surface area (Å²) in [4.78, 5) is 25.1. The summed E-state index contributed by atoms with van der Waals surface area (Å²) in [5.74, 6) is 1.80. The molecule has 9 heteroatoms. The van der Waals surface area contributed by atoms with Gasteiger partial charge in [-0.05, 0) is 48.5 Å². The first-order chi connectivity index (χ1) is 15.1. The Labute approximate surface area is 177 Å². The molecule has 0 saturated heterocycles. The summed E-state index contributed by atoms with van der Waals surface area (Å²) in [6.07, 6.45) is 3.92. The Morgan fingerprint density at radius 3 is 2.23 bits per heavy atom. The Hall–Kier alpha value is -4.14. The van der Waals surface area contributed by atoms with E-state index in [1.165, 1.54) is 4.57 Å². The lowest BCUT2D eigenvalue weighted by Gasteiger charge is -2.08.